The monoisotopic (exact) mass is 327 g/mol. The number of hydrogen-bond donors (Lipinski definition) is 1. The van der Waals surface area contributed by atoms with Gasteiger partial charge in [-0.05, 0) is 24.5 Å². The molecule has 2 aliphatic rings. The second kappa shape index (κ2) is 6.24. The molecule has 1 saturated heterocycles. The van der Waals surface area contributed by atoms with Gasteiger partial charge in [0.2, 0.25) is 0 Å². The maximum absolute atomic E-state index is 13.0. The molecule has 2 fully saturated rings. The predicted molar refractivity (Wildman–Crippen MR) is 88.8 cm³/mol. The molecule has 1 saturated carbocycles. The average Bonchev–Trinajstić information content (AvgIpc) is 3.35. The zero-order chi connectivity index (χ0) is 16.5. The number of aromatic nitrogens is 3. The van der Waals surface area contributed by atoms with E-state index < -0.39 is 0 Å². The molecule has 126 valence electrons. The van der Waals surface area contributed by atoms with Gasteiger partial charge in [-0.25, -0.2) is 4.98 Å². The zero-order valence-electron chi connectivity index (χ0n) is 13.5. The van der Waals surface area contributed by atoms with Crippen molar-refractivity contribution in [3.05, 3.63) is 36.2 Å². The molecule has 2 N–H and O–H groups in total. The van der Waals surface area contributed by atoms with Gasteiger partial charge in [-0.15, -0.1) is 0 Å². The lowest BCUT2D eigenvalue weighted by Crippen LogP contribution is -2.49. The van der Waals surface area contributed by atoms with Crippen LogP contribution in [-0.4, -0.2) is 51.4 Å². The summed E-state index contributed by atoms with van der Waals surface area (Å²) in [6, 6.07) is 5.63. The Kier molecular flexibility index (Phi) is 3.93. The summed E-state index contributed by atoms with van der Waals surface area (Å²) >= 11 is 0. The highest BCUT2D eigenvalue weighted by molar-refractivity contribution is 5.98. The fourth-order valence-electron chi connectivity index (χ4n) is 3.19. The summed E-state index contributed by atoms with van der Waals surface area (Å²) in [5.41, 5.74) is 6.62. The molecule has 4 rings (SSSR count). The van der Waals surface area contributed by atoms with Crippen molar-refractivity contribution in [3.8, 4) is 5.82 Å². The van der Waals surface area contributed by atoms with E-state index in [1.54, 1.807) is 6.20 Å². The van der Waals surface area contributed by atoms with E-state index in [-0.39, 0.29) is 11.9 Å². The average molecular weight is 327 g/mol. The Morgan fingerprint density at radius 3 is 3.00 bits per heavy atom. The number of rotatable bonds is 4. The number of nitrogens with zero attached hydrogens (tertiary/aromatic N) is 4. The highest BCUT2D eigenvalue weighted by Gasteiger charge is 2.34. The third kappa shape index (κ3) is 2.87. The largest absolute Gasteiger partial charge is 0.383 e. The molecule has 1 aliphatic heterocycles. The first kappa shape index (κ1) is 15.1. The van der Waals surface area contributed by atoms with E-state index in [0.717, 1.165) is 12.3 Å². The van der Waals surface area contributed by atoms with Crippen LogP contribution in [0.4, 0.5) is 5.82 Å². The van der Waals surface area contributed by atoms with Gasteiger partial charge < -0.3 is 15.4 Å². The molecule has 24 heavy (non-hydrogen) atoms. The number of anilines is 1. The first-order valence-electron chi connectivity index (χ1n) is 8.37. The van der Waals surface area contributed by atoms with E-state index in [1.807, 2.05) is 23.1 Å². The molecule has 0 aromatic carbocycles. The van der Waals surface area contributed by atoms with E-state index in [2.05, 4.69) is 10.1 Å². The summed E-state index contributed by atoms with van der Waals surface area (Å²) in [5, 5.41) is 4.25. The predicted octanol–water partition coefficient (Wildman–Crippen LogP) is 1.49. The number of amides is 1. The molecule has 7 heteroatoms. The van der Waals surface area contributed by atoms with Gasteiger partial charge in [0, 0.05) is 12.7 Å². The Hall–Kier alpha value is -2.41. The van der Waals surface area contributed by atoms with Crippen LogP contribution < -0.4 is 5.73 Å². The van der Waals surface area contributed by atoms with Crippen LogP contribution in [0.3, 0.4) is 0 Å². The van der Waals surface area contributed by atoms with Crippen LogP contribution >= 0.6 is 0 Å². The van der Waals surface area contributed by atoms with Crippen LogP contribution in [0.1, 0.15) is 29.6 Å². The second-order valence-electron chi connectivity index (χ2n) is 6.45. The number of nitrogen functional groups attached to an aromatic ring is 1. The van der Waals surface area contributed by atoms with Crippen molar-refractivity contribution in [2.75, 3.05) is 25.5 Å². The maximum atomic E-state index is 13.0. The van der Waals surface area contributed by atoms with Gasteiger partial charge in [0.05, 0.1) is 25.5 Å². The van der Waals surface area contributed by atoms with Crippen LogP contribution in [0, 0.1) is 5.92 Å². The van der Waals surface area contributed by atoms with Crippen molar-refractivity contribution in [2.24, 2.45) is 5.92 Å². The van der Waals surface area contributed by atoms with Gasteiger partial charge >= 0.3 is 0 Å². The minimum Gasteiger partial charge on any atom is -0.383 e. The molecule has 1 aliphatic carbocycles. The summed E-state index contributed by atoms with van der Waals surface area (Å²) in [4.78, 5) is 19.1. The molecule has 1 amide bonds. The maximum Gasteiger partial charge on any atom is 0.259 e. The number of ether oxygens (including phenoxy) is 1. The molecule has 2 aromatic heterocycles. The van der Waals surface area contributed by atoms with Gasteiger partial charge in [0.15, 0.2) is 5.82 Å². The molecular weight excluding hydrogens is 306 g/mol. The number of pyridine rings is 1. The van der Waals surface area contributed by atoms with Gasteiger partial charge in [0.25, 0.3) is 5.91 Å². The van der Waals surface area contributed by atoms with Crippen LogP contribution in [0.15, 0.2) is 30.6 Å². The lowest BCUT2D eigenvalue weighted by atomic mass is 10.1. The molecule has 2 aromatic rings. The van der Waals surface area contributed by atoms with Gasteiger partial charge in [-0.3, -0.25) is 4.79 Å². The Morgan fingerprint density at radius 1 is 1.38 bits per heavy atom. The smallest absolute Gasteiger partial charge is 0.259 e. The van der Waals surface area contributed by atoms with Crippen molar-refractivity contribution in [3.63, 3.8) is 0 Å². The standard InChI is InChI=1S/C17H21N5O2/c18-16-14(10-20-22(16)15-3-1-2-6-19-15)17(23)21-7-8-24-11-13(21)9-12-4-5-12/h1-3,6,10,12-13H,4-5,7-9,11,18H2. The number of hydrogen-bond acceptors (Lipinski definition) is 5. The van der Waals surface area contributed by atoms with Gasteiger partial charge in [-0.2, -0.15) is 9.78 Å². The fraction of sp³-hybridized carbons (Fsp3) is 0.471. The van der Waals surface area contributed by atoms with Gasteiger partial charge in [0.1, 0.15) is 11.4 Å². The topological polar surface area (TPSA) is 86.3 Å². The van der Waals surface area contributed by atoms with Crippen LogP contribution in [0.2, 0.25) is 0 Å². The fourth-order valence-corrected chi connectivity index (χ4v) is 3.19. The summed E-state index contributed by atoms with van der Waals surface area (Å²) in [6.07, 6.45) is 6.75. The minimum absolute atomic E-state index is 0.0661. The van der Waals surface area contributed by atoms with Crippen molar-refractivity contribution < 1.29 is 9.53 Å². The zero-order valence-corrected chi connectivity index (χ0v) is 13.5. The molecule has 1 atom stereocenters. The van der Waals surface area contributed by atoms with Crippen LogP contribution in [0.5, 0.6) is 0 Å². The molecule has 0 bridgehead atoms. The van der Waals surface area contributed by atoms with Crippen molar-refractivity contribution >= 4 is 11.7 Å². The summed E-state index contributed by atoms with van der Waals surface area (Å²) in [6.45, 7) is 1.78. The van der Waals surface area contributed by atoms with E-state index in [0.29, 0.717) is 37.0 Å². The summed E-state index contributed by atoms with van der Waals surface area (Å²) < 4.78 is 7.08. The van der Waals surface area contributed by atoms with Crippen molar-refractivity contribution in [1.29, 1.82) is 0 Å². The summed E-state index contributed by atoms with van der Waals surface area (Å²) in [5.74, 6) is 1.60. The molecule has 3 heterocycles. The lowest BCUT2D eigenvalue weighted by molar-refractivity contribution is -0.00563. The highest BCUT2D eigenvalue weighted by atomic mass is 16.5. The van der Waals surface area contributed by atoms with Crippen LogP contribution in [0.25, 0.3) is 5.82 Å². The first-order chi connectivity index (χ1) is 11.7. The van der Waals surface area contributed by atoms with E-state index in [1.165, 1.54) is 23.7 Å². The number of morpholine rings is 1. The first-order valence-corrected chi connectivity index (χ1v) is 8.37. The molecule has 7 nitrogen and oxygen atoms in total. The molecule has 0 spiro atoms. The Balaban J connectivity index is 1.58. The Bertz CT molecular complexity index is 726. The third-order valence-corrected chi connectivity index (χ3v) is 4.69. The second-order valence-corrected chi connectivity index (χ2v) is 6.45. The number of carbonyl (C=O) groups excluding carboxylic acids is 1. The number of nitrogens with two attached hydrogens (primary N) is 1. The normalized spacial score (nSPS) is 21.0. The third-order valence-electron chi connectivity index (χ3n) is 4.69. The van der Waals surface area contributed by atoms with Crippen molar-refractivity contribution in [2.45, 2.75) is 25.3 Å². The Morgan fingerprint density at radius 2 is 2.25 bits per heavy atom. The quantitative estimate of drug-likeness (QED) is 0.919. The SMILES string of the molecule is Nc1c(C(=O)N2CCOCC2CC2CC2)cnn1-c1ccccn1. The number of carbonyl (C=O) groups is 1. The van der Waals surface area contributed by atoms with E-state index >= 15 is 0 Å². The highest BCUT2D eigenvalue weighted by Crippen LogP contribution is 2.35. The van der Waals surface area contributed by atoms with Crippen LogP contribution in [-0.2, 0) is 4.74 Å². The molecular formula is C17H21N5O2. The summed E-state index contributed by atoms with van der Waals surface area (Å²) in [7, 11) is 0. The van der Waals surface area contributed by atoms with Crippen molar-refractivity contribution in [1.82, 2.24) is 19.7 Å². The molecule has 0 radical (unpaired) electrons. The van der Waals surface area contributed by atoms with E-state index in [9.17, 15) is 4.79 Å². The molecule has 1 unspecified atom stereocenters. The Labute approximate surface area is 140 Å². The van der Waals surface area contributed by atoms with Gasteiger partial charge in [-0.1, -0.05) is 18.9 Å². The van der Waals surface area contributed by atoms with E-state index in [4.69, 9.17) is 10.5 Å². The lowest BCUT2D eigenvalue weighted by Gasteiger charge is -2.35. The minimum atomic E-state index is -0.0661.